The maximum Gasteiger partial charge on any atom is 0.329 e. The van der Waals surface area contributed by atoms with Gasteiger partial charge in [0.2, 0.25) is 5.91 Å². The number of aliphatic carboxylic acids is 1. The third-order valence-electron chi connectivity index (χ3n) is 9.51. The van der Waals surface area contributed by atoms with Crippen LogP contribution in [0.2, 0.25) is 0 Å². The van der Waals surface area contributed by atoms with Gasteiger partial charge in [-0.15, -0.1) is 10.2 Å². The van der Waals surface area contributed by atoms with E-state index in [2.05, 4.69) is 67.3 Å². The zero-order valence-corrected chi connectivity index (χ0v) is 36.1. The first kappa shape index (κ1) is 47.6. The van der Waals surface area contributed by atoms with Crippen molar-refractivity contribution in [1.29, 1.82) is 0 Å². The molecule has 19 heteroatoms. The highest BCUT2D eigenvalue weighted by Gasteiger charge is 2.32. The second kappa shape index (κ2) is 21.9. The molecule has 2 aromatic heterocycles. The van der Waals surface area contributed by atoms with Crippen LogP contribution >= 0.6 is 0 Å². The van der Waals surface area contributed by atoms with Gasteiger partial charge in [-0.1, -0.05) is 34.4 Å². The van der Waals surface area contributed by atoms with Crippen LogP contribution in [0.4, 0.5) is 0 Å². The number of rotatable bonds is 10. The summed E-state index contributed by atoms with van der Waals surface area (Å²) < 4.78 is 13.6. The molecule has 3 amide bonds. The molecule has 0 spiro atoms. The van der Waals surface area contributed by atoms with E-state index in [0.717, 1.165) is 46.0 Å². The number of hydrogen-bond donors (Lipinski definition) is 5. The lowest BCUT2D eigenvalue weighted by Crippen LogP contribution is -2.57. The lowest BCUT2D eigenvalue weighted by molar-refractivity contribution is -0.131. The number of amides is 3. The number of morpholine rings is 2. The summed E-state index contributed by atoms with van der Waals surface area (Å²) in [6, 6.07) is 12.2. The van der Waals surface area contributed by atoms with Crippen molar-refractivity contribution in [3.63, 3.8) is 0 Å². The minimum absolute atomic E-state index is 0.0786. The van der Waals surface area contributed by atoms with Crippen LogP contribution in [0.3, 0.4) is 0 Å². The van der Waals surface area contributed by atoms with Crippen LogP contribution < -0.4 is 22.1 Å². The first-order chi connectivity index (χ1) is 28.8. The Balaban J connectivity index is 0.000000223. The molecular weight excluding hydrogens is 785 g/mol. The summed E-state index contributed by atoms with van der Waals surface area (Å²) in [7, 11) is 0. The minimum atomic E-state index is -1.02. The first-order valence-electron chi connectivity index (χ1n) is 19.7. The number of carboxylic acids is 1. The quantitative estimate of drug-likeness (QED) is 0.0668. The van der Waals surface area contributed by atoms with Crippen molar-refractivity contribution < 1.29 is 33.8 Å². The van der Waals surface area contributed by atoms with Crippen LogP contribution in [0, 0.1) is 27.7 Å². The summed E-state index contributed by atoms with van der Waals surface area (Å²) in [5.41, 5.74) is 13.0. The third kappa shape index (κ3) is 15.5. The predicted molar refractivity (Wildman–Crippen MR) is 230 cm³/mol. The molecule has 0 atom stereocenters. The molecule has 4 aromatic rings. The third-order valence-corrected chi connectivity index (χ3v) is 9.51. The summed E-state index contributed by atoms with van der Waals surface area (Å²) in [4.78, 5) is 58.1. The topological polar surface area (TPSA) is 237 Å². The summed E-state index contributed by atoms with van der Waals surface area (Å²) in [5, 5.41) is 17.1. The highest BCUT2D eigenvalue weighted by molar-refractivity contribution is 5.92. The van der Waals surface area contributed by atoms with Gasteiger partial charge in [0.15, 0.2) is 11.6 Å². The highest BCUT2D eigenvalue weighted by atomic mass is 16.5. The number of ether oxygens (including phenoxy) is 2. The number of carboxylic acid groups (broad SMARTS) is 1. The Morgan fingerprint density at radius 2 is 1.11 bits per heavy atom. The van der Waals surface area contributed by atoms with E-state index in [1.165, 1.54) is 40.5 Å². The molecule has 4 heterocycles. The molecule has 0 saturated carbocycles. The lowest BCUT2D eigenvalue weighted by atomic mass is 10.0. The van der Waals surface area contributed by atoms with Crippen LogP contribution in [0.25, 0.3) is 35.2 Å². The number of aryl methyl sites for hydroxylation is 4. The number of nitrogens with two attached hydrogens (primary N) is 1. The van der Waals surface area contributed by atoms with Crippen LogP contribution in [-0.4, -0.2) is 132 Å². The second-order valence-electron chi connectivity index (χ2n) is 16.0. The van der Waals surface area contributed by atoms with Gasteiger partial charge in [0.05, 0.1) is 39.5 Å². The number of hydrazine groups is 2. The molecule has 0 bridgehead atoms. The zero-order valence-electron chi connectivity index (χ0n) is 36.1. The zero-order chi connectivity index (χ0) is 44.7. The molecule has 0 radical (unpaired) electrons. The molecule has 2 aromatic carbocycles. The fourth-order valence-corrected chi connectivity index (χ4v) is 6.42. The Bertz CT molecular complexity index is 2150. The van der Waals surface area contributed by atoms with Gasteiger partial charge >= 0.3 is 5.97 Å². The number of benzene rings is 2. The van der Waals surface area contributed by atoms with Gasteiger partial charge in [0.1, 0.15) is 12.7 Å². The maximum atomic E-state index is 12.1. The van der Waals surface area contributed by atoms with Crippen molar-refractivity contribution in [2.75, 3.05) is 52.6 Å². The van der Waals surface area contributed by atoms with E-state index >= 15 is 0 Å². The first-order valence-corrected chi connectivity index (χ1v) is 19.7. The van der Waals surface area contributed by atoms with Crippen LogP contribution in [-0.2, 0) is 28.7 Å². The normalized spacial score (nSPS) is 16.2. The van der Waals surface area contributed by atoms with Crippen molar-refractivity contribution >= 4 is 36.1 Å². The molecule has 0 aliphatic carbocycles. The monoisotopic (exact) mass is 842 g/mol. The van der Waals surface area contributed by atoms with Gasteiger partial charge in [0.25, 0.3) is 11.8 Å². The number of aromatic nitrogens is 6. The molecule has 61 heavy (non-hydrogen) atoms. The van der Waals surface area contributed by atoms with Crippen molar-refractivity contribution in [2.24, 2.45) is 5.84 Å². The molecule has 2 aliphatic heterocycles. The Morgan fingerprint density at radius 3 is 1.52 bits per heavy atom. The summed E-state index contributed by atoms with van der Waals surface area (Å²) in [6.45, 7) is 20.7. The molecule has 19 nitrogen and oxygen atoms in total. The van der Waals surface area contributed by atoms with Crippen LogP contribution in [0.15, 0.2) is 61.2 Å². The lowest BCUT2D eigenvalue weighted by Gasteiger charge is -2.41. The van der Waals surface area contributed by atoms with Gasteiger partial charge in [-0.05, 0) is 79.7 Å². The Kier molecular flexibility index (Phi) is 17.1. The molecule has 0 unspecified atom stereocenters. The van der Waals surface area contributed by atoms with Gasteiger partial charge in [-0.25, -0.2) is 30.0 Å². The number of carbonyl (C=O) groups is 4. The average Bonchev–Trinajstić information content (AvgIpc) is 3.87. The number of nitrogens with one attached hydrogen (secondary N) is 3. The van der Waals surface area contributed by atoms with E-state index in [0.29, 0.717) is 51.2 Å². The predicted octanol–water partition coefficient (Wildman–Crippen LogP) is 2.50. The van der Waals surface area contributed by atoms with Crippen LogP contribution in [0.5, 0.6) is 0 Å². The van der Waals surface area contributed by atoms with Crippen molar-refractivity contribution in [2.45, 2.75) is 66.5 Å². The largest absolute Gasteiger partial charge is 0.478 e. The Hall–Kier alpha value is -6.12. The molecule has 2 aliphatic rings. The number of hydrogen-bond acceptors (Lipinski definition) is 13. The SMILES string of the molecule is CC1(C)COCCN1CC(=O)NN.Cc1cc(C)cc(-c2ncn(/C=C\C(=O)NNC(=O)CN3CCOCC3(C)C)n2)c1.Cc1cc(C)cc(-c2ncn(/C=C\C(=O)O)n2)c1. The maximum absolute atomic E-state index is 12.1. The highest BCUT2D eigenvalue weighted by Crippen LogP contribution is 2.21. The van der Waals surface area contributed by atoms with E-state index in [-0.39, 0.29) is 29.4 Å². The fraction of sp³-hybridized carbons (Fsp3) is 0.429. The molecule has 2 saturated heterocycles. The van der Waals surface area contributed by atoms with Gasteiger partial charge in [-0.3, -0.25) is 40.5 Å². The van der Waals surface area contributed by atoms with Crippen LogP contribution in [0.1, 0.15) is 49.9 Å². The second-order valence-corrected chi connectivity index (χ2v) is 16.0. The summed E-state index contributed by atoms with van der Waals surface area (Å²) in [6.07, 6.45) is 8.12. The van der Waals surface area contributed by atoms with Gasteiger partial charge in [0, 0.05) is 59.8 Å². The van der Waals surface area contributed by atoms with E-state index < -0.39 is 11.9 Å². The Morgan fingerprint density at radius 1 is 0.689 bits per heavy atom. The number of carbonyl (C=O) groups excluding carboxylic acids is 3. The summed E-state index contributed by atoms with van der Waals surface area (Å²) in [5.74, 6) is 4.25. The Labute approximate surface area is 355 Å². The minimum Gasteiger partial charge on any atom is -0.478 e. The van der Waals surface area contributed by atoms with E-state index in [1.807, 2.05) is 70.7 Å². The summed E-state index contributed by atoms with van der Waals surface area (Å²) >= 11 is 0. The average molecular weight is 843 g/mol. The molecule has 328 valence electrons. The fourth-order valence-electron chi connectivity index (χ4n) is 6.42. The van der Waals surface area contributed by atoms with Crippen molar-refractivity contribution in [3.8, 4) is 22.8 Å². The smallest absolute Gasteiger partial charge is 0.329 e. The van der Waals surface area contributed by atoms with Crippen molar-refractivity contribution in [3.05, 3.63) is 83.5 Å². The van der Waals surface area contributed by atoms with Crippen molar-refractivity contribution in [1.82, 2.24) is 55.6 Å². The molecular formula is C42H58N12O7. The standard InChI is InChI=1S/C21H28N6O3.C13H13N3O2.C8H17N3O2/c1-15-9-16(2)11-17(10-15)20-22-14-27(25-20)6-5-18(28)23-24-19(29)12-26-7-8-30-13-21(26,3)4;1-9-5-10(2)7-11(6-9)13-14-8-16(15-13)4-3-12(17)18;1-8(2)6-13-4-3-11(8)5-7(12)10-9/h5-6,9-11,14H,7-8,12-13H2,1-4H3,(H,23,28)(H,24,29);3-8H,1-2H3,(H,17,18);3-6,9H2,1-2H3,(H,10,12)/b6-5-;4-3-;. The molecule has 6 N–H and O–H groups in total. The molecule has 6 rings (SSSR count). The van der Waals surface area contributed by atoms with E-state index in [4.69, 9.17) is 20.4 Å². The van der Waals surface area contributed by atoms with E-state index in [1.54, 1.807) is 0 Å². The molecule has 2 fully saturated rings. The van der Waals surface area contributed by atoms with E-state index in [9.17, 15) is 19.2 Å². The van der Waals surface area contributed by atoms with Gasteiger partial charge in [-0.2, -0.15) is 0 Å². The number of nitrogens with zero attached hydrogens (tertiary/aromatic N) is 8. The van der Waals surface area contributed by atoms with Gasteiger partial charge < -0.3 is 14.6 Å².